The van der Waals surface area contributed by atoms with Gasteiger partial charge in [0.2, 0.25) is 0 Å². The number of nitrogens with one attached hydrogen (secondary N) is 1. The predicted molar refractivity (Wildman–Crippen MR) is 81.0 cm³/mol. The van der Waals surface area contributed by atoms with Crippen molar-refractivity contribution in [3.05, 3.63) is 66.7 Å². The van der Waals surface area contributed by atoms with Crippen LogP contribution in [0.1, 0.15) is 23.6 Å². The zero-order valence-corrected chi connectivity index (χ0v) is 12.5. The number of aromatic nitrogens is 2. The summed E-state index contributed by atoms with van der Waals surface area (Å²) in [6.45, 7) is 3.44. The van der Waals surface area contributed by atoms with Gasteiger partial charge in [-0.25, -0.2) is 4.68 Å². The van der Waals surface area contributed by atoms with Gasteiger partial charge in [0.05, 0.1) is 6.54 Å². The highest BCUT2D eigenvalue weighted by Crippen LogP contribution is 2.17. The second-order valence-corrected chi connectivity index (χ2v) is 5.42. The number of carbonyl (C=O) groups excluding carboxylic acids is 1. The van der Waals surface area contributed by atoms with Gasteiger partial charge in [-0.3, -0.25) is 19.5 Å². The molecule has 2 aromatic rings. The number of halogens is 1. The van der Waals surface area contributed by atoms with E-state index in [2.05, 4.69) is 5.10 Å². The van der Waals surface area contributed by atoms with Crippen LogP contribution in [0.3, 0.4) is 0 Å². The fraction of sp³-hybridized carbons (Fsp3) is 0.267. The second-order valence-electron chi connectivity index (χ2n) is 5.01. The standard InChI is InChI=1S/C15H15ClN2O3/c1-9-3-4-11(13(16)5-9)8-18-15(21)12(6-10(2)19)7-14(20)17-18/h3-5,7H,6,8H2,1-2H3,(H,17,20). The third kappa shape index (κ3) is 3.70. The number of ketones is 1. The lowest BCUT2D eigenvalue weighted by Crippen LogP contribution is -2.33. The Morgan fingerprint density at radius 1 is 1.24 bits per heavy atom. The molecular formula is C15H15ClN2O3. The molecule has 0 saturated heterocycles. The molecule has 1 N–H and O–H groups in total. The molecule has 0 atom stereocenters. The number of hydrogen-bond donors (Lipinski definition) is 1. The largest absolute Gasteiger partial charge is 0.300 e. The van der Waals surface area contributed by atoms with Gasteiger partial charge in [0.15, 0.2) is 0 Å². The Morgan fingerprint density at radius 3 is 2.57 bits per heavy atom. The monoisotopic (exact) mass is 306 g/mol. The summed E-state index contributed by atoms with van der Waals surface area (Å²) in [6.07, 6.45) is -0.0512. The van der Waals surface area contributed by atoms with Crippen molar-refractivity contribution >= 4 is 17.4 Å². The summed E-state index contributed by atoms with van der Waals surface area (Å²) in [5.41, 5.74) is 1.11. The molecule has 2 rings (SSSR count). The van der Waals surface area contributed by atoms with Crippen molar-refractivity contribution in [3.63, 3.8) is 0 Å². The smallest absolute Gasteiger partial charge is 0.269 e. The van der Waals surface area contributed by atoms with Crippen molar-refractivity contribution in [1.82, 2.24) is 9.78 Å². The fourth-order valence-corrected chi connectivity index (χ4v) is 2.36. The number of carbonyl (C=O) groups is 1. The van der Waals surface area contributed by atoms with E-state index in [1.165, 1.54) is 11.6 Å². The molecule has 21 heavy (non-hydrogen) atoms. The first-order valence-corrected chi connectivity index (χ1v) is 6.82. The van der Waals surface area contributed by atoms with Gasteiger partial charge in [0.1, 0.15) is 5.78 Å². The van der Waals surface area contributed by atoms with Gasteiger partial charge in [-0.2, -0.15) is 0 Å². The van der Waals surface area contributed by atoms with Gasteiger partial charge >= 0.3 is 0 Å². The van der Waals surface area contributed by atoms with E-state index in [1.54, 1.807) is 12.1 Å². The van der Waals surface area contributed by atoms with E-state index in [0.29, 0.717) is 5.02 Å². The minimum absolute atomic E-state index is 0.0512. The highest BCUT2D eigenvalue weighted by atomic mass is 35.5. The van der Waals surface area contributed by atoms with Gasteiger partial charge in [-0.15, -0.1) is 0 Å². The third-order valence-electron chi connectivity index (χ3n) is 3.05. The van der Waals surface area contributed by atoms with Crippen LogP contribution in [0.15, 0.2) is 33.9 Å². The van der Waals surface area contributed by atoms with Gasteiger partial charge < -0.3 is 0 Å². The number of nitrogens with zero attached hydrogens (tertiary/aromatic N) is 1. The SMILES string of the molecule is CC(=O)Cc1cc(=O)[nH]n(Cc2ccc(C)cc2Cl)c1=O. The first-order chi connectivity index (χ1) is 9.86. The number of aromatic amines is 1. The van der Waals surface area contributed by atoms with Crippen molar-refractivity contribution in [2.24, 2.45) is 0 Å². The topological polar surface area (TPSA) is 71.9 Å². The average molecular weight is 307 g/mol. The number of H-pyrrole nitrogens is 1. The maximum absolute atomic E-state index is 12.2. The Balaban J connectivity index is 2.44. The van der Waals surface area contributed by atoms with Crippen LogP contribution in [0.25, 0.3) is 0 Å². The summed E-state index contributed by atoms with van der Waals surface area (Å²) in [7, 11) is 0. The quantitative estimate of drug-likeness (QED) is 0.934. The van der Waals surface area contributed by atoms with Crippen LogP contribution in [-0.2, 0) is 17.8 Å². The highest BCUT2D eigenvalue weighted by Gasteiger charge is 2.10. The number of Topliss-reactive ketones (excluding diaryl/α,β-unsaturated/α-hetero) is 1. The minimum Gasteiger partial charge on any atom is -0.300 e. The van der Waals surface area contributed by atoms with Crippen LogP contribution >= 0.6 is 11.6 Å². The summed E-state index contributed by atoms with van der Waals surface area (Å²) in [4.78, 5) is 35.0. The first-order valence-electron chi connectivity index (χ1n) is 6.44. The lowest BCUT2D eigenvalue weighted by atomic mass is 10.1. The summed E-state index contributed by atoms with van der Waals surface area (Å²) < 4.78 is 1.18. The lowest BCUT2D eigenvalue weighted by Gasteiger charge is -2.09. The molecule has 110 valence electrons. The van der Waals surface area contributed by atoms with E-state index in [0.717, 1.165) is 17.2 Å². The highest BCUT2D eigenvalue weighted by molar-refractivity contribution is 6.31. The molecule has 0 bridgehead atoms. The van der Waals surface area contributed by atoms with Crippen LogP contribution in [0, 0.1) is 6.92 Å². The Bertz CT molecular complexity index is 805. The normalized spacial score (nSPS) is 10.6. The predicted octanol–water partition coefficient (Wildman–Crippen LogP) is 1.68. The van der Waals surface area contributed by atoms with Gasteiger partial charge in [0, 0.05) is 23.1 Å². The fourth-order valence-electron chi connectivity index (χ4n) is 2.07. The molecule has 0 spiro atoms. The molecule has 1 heterocycles. The van der Waals surface area contributed by atoms with Gasteiger partial charge in [-0.05, 0) is 31.0 Å². The molecule has 0 saturated carbocycles. The summed E-state index contributed by atoms with van der Waals surface area (Å²) >= 11 is 6.13. The van der Waals surface area contributed by atoms with Crippen LogP contribution in [0.4, 0.5) is 0 Å². The maximum Gasteiger partial charge on any atom is 0.269 e. The lowest BCUT2D eigenvalue weighted by molar-refractivity contribution is -0.116. The molecule has 0 aliphatic rings. The third-order valence-corrected chi connectivity index (χ3v) is 3.40. The van der Waals surface area contributed by atoms with Crippen molar-refractivity contribution in [2.45, 2.75) is 26.8 Å². The van der Waals surface area contributed by atoms with E-state index in [9.17, 15) is 14.4 Å². The van der Waals surface area contributed by atoms with Crippen LogP contribution in [0.5, 0.6) is 0 Å². The zero-order valence-electron chi connectivity index (χ0n) is 11.8. The zero-order chi connectivity index (χ0) is 15.6. The van der Waals surface area contributed by atoms with E-state index in [-0.39, 0.29) is 29.9 Å². The van der Waals surface area contributed by atoms with E-state index in [4.69, 9.17) is 11.6 Å². The molecular weight excluding hydrogens is 292 g/mol. The van der Waals surface area contributed by atoms with Crippen molar-refractivity contribution < 1.29 is 4.79 Å². The van der Waals surface area contributed by atoms with Crippen molar-refractivity contribution in [1.29, 1.82) is 0 Å². The van der Waals surface area contributed by atoms with Crippen LogP contribution in [-0.4, -0.2) is 15.6 Å². The Hall–Kier alpha value is -2.14. The molecule has 1 aromatic carbocycles. The molecule has 0 fully saturated rings. The van der Waals surface area contributed by atoms with Crippen LogP contribution in [0.2, 0.25) is 5.02 Å². The molecule has 0 aliphatic carbocycles. The molecule has 0 unspecified atom stereocenters. The molecule has 1 aromatic heterocycles. The number of aryl methyl sites for hydroxylation is 1. The summed E-state index contributed by atoms with van der Waals surface area (Å²) in [5, 5.41) is 2.99. The molecule has 5 nitrogen and oxygen atoms in total. The Labute approximate surface area is 126 Å². The number of benzene rings is 1. The first kappa shape index (κ1) is 15.3. The minimum atomic E-state index is -0.422. The van der Waals surface area contributed by atoms with E-state index >= 15 is 0 Å². The Morgan fingerprint density at radius 2 is 1.95 bits per heavy atom. The molecule has 0 amide bonds. The molecule has 0 aliphatic heterocycles. The summed E-state index contributed by atoms with van der Waals surface area (Å²) in [6, 6.07) is 6.64. The number of rotatable bonds is 4. The van der Waals surface area contributed by atoms with Gasteiger partial charge in [0.25, 0.3) is 11.1 Å². The average Bonchev–Trinajstić information content (AvgIpc) is 2.37. The summed E-state index contributed by atoms with van der Waals surface area (Å²) in [5.74, 6) is -0.169. The second kappa shape index (κ2) is 6.10. The van der Waals surface area contributed by atoms with Crippen LogP contribution < -0.4 is 11.1 Å². The molecule has 6 heteroatoms. The maximum atomic E-state index is 12.2. The van der Waals surface area contributed by atoms with Gasteiger partial charge in [-0.1, -0.05) is 23.7 Å². The van der Waals surface area contributed by atoms with E-state index in [1.807, 2.05) is 13.0 Å². The molecule has 0 radical (unpaired) electrons. The number of hydrogen-bond acceptors (Lipinski definition) is 3. The van der Waals surface area contributed by atoms with Crippen molar-refractivity contribution in [2.75, 3.05) is 0 Å². The van der Waals surface area contributed by atoms with E-state index < -0.39 is 5.56 Å². The Kier molecular flexibility index (Phi) is 4.43. The van der Waals surface area contributed by atoms with Crippen molar-refractivity contribution in [3.8, 4) is 0 Å².